The molecule has 0 spiro atoms. The van der Waals surface area contributed by atoms with E-state index in [1.165, 1.54) is 6.08 Å². The summed E-state index contributed by atoms with van der Waals surface area (Å²) in [5, 5.41) is 0. The highest BCUT2D eigenvalue weighted by Gasteiger charge is 2.37. The first-order valence-corrected chi connectivity index (χ1v) is 7.23. The van der Waals surface area contributed by atoms with Gasteiger partial charge >= 0.3 is 6.09 Å². The Hall–Kier alpha value is -3.02. The van der Waals surface area contributed by atoms with Crippen LogP contribution in [0.2, 0.25) is 0 Å². The number of hydrogen-bond donors (Lipinski definition) is 0. The molecule has 1 unspecified atom stereocenters. The molecular weight excluding hydrogens is 316 g/mol. The molecule has 1 aliphatic rings. The highest BCUT2D eigenvalue weighted by Crippen LogP contribution is 2.28. The maximum absolute atomic E-state index is 13.2. The number of cyclic esters (lactones) is 1. The molecule has 2 amide bonds. The first-order valence-electron chi connectivity index (χ1n) is 7.23. The number of halogens is 2. The molecule has 3 rings (SSSR count). The monoisotopic (exact) mass is 329 g/mol. The Balaban J connectivity index is 1.82. The lowest BCUT2D eigenvalue weighted by molar-refractivity contribution is -0.124. The van der Waals surface area contributed by atoms with Crippen molar-refractivity contribution in [1.29, 1.82) is 0 Å². The summed E-state index contributed by atoms with van der Waals surface area (Å²) in [6.45, 7) is 0.0665. The zero-order valence-corrected chi connectivity index (χ0v) is 12.5. The Kier molecular flexibility index (Phi) is 4.37. The SMILES string of the molecule is O=C(C=Cc1cc(F)cc(F)c1)N1C(=O)OCC1c1ccccc1. The van der Waals surface area contributed by atoms with Crippen LogP contribution in [0, 0.1) is 11.6 Å². The molecule has 0 N–H and O–H groups in total. The fourth-order valence-electron chi connectivity index (χ4n) is 2.50. The summed E-state index contributed by atoms with van der Waals surface area (Å²) < 4.78 is 31.3. The van der Waals surface area contributed by atoms with Gasteiger partial charge in [-0.05, 0) is 29.3 Å². The van der Waals surface area contributed by atoms with Crippen molar-refractivity contribution in [3.8, 4) is 0 Å². The minimum atomic E-state index is -0.746. The van der Waals surface area contributed by atoms with Gasteiger partial charge in [0, 0.05) is 12.1 Å². The highest BCUT2D eigenvalue weighted by atomic mass is 19.1. The smallest absolute Gasteiger partial charge is 0.417 e. The van der Waals surface area contributed by atoms with Crippen LogP contribution in [0.1, 0.15) is 17.2 Å². The third-order valence-corrected chi connectivity index (χ3v) is 3.60. The molecule has 24 heavy (non-hydrogen) atoms. The van der Waals surface area contributed by atoms with Gasteiger partial charge in [0.1, 0.15) is 24.3 Å². The van der Waals surface area contributed by atoms with Gasteiger partial charge in [-0.25, -0.2) is 18.5 Å². The molecule has 1 fully saturated rings. The minimum Gasteiger partial charge on any atom is -0.446 e. The number of amides is 2. The number of rotatable bonds is 3. The molecule has 0 aromatic heterocycles. The Morgan fingerprint density at radius 3 is 2.46 bits per heavy atom. The normalized spacial score (nSPS) is 17.3. The van der Waals surface area contributed by atoms with E-state index in [2.05, 4.69) is 0 Å². The van der Waals surface area contributed by atoms with Gasteiger partial charge in [0.15, 0.2) is 0 Å². The zero-order chi connectivity index (χ0) is 17.1. The summed E-state index contributed by atoms with van der Waals surface area (Å²) in [5.41, 5.74) is 0.951. The Morgan fingerprint density at radius 1 is 1.12 bits per heavy atom. The van der Waals surface area contributed by atoms with Crippen LogP contribution in [-0.4, -0.2) is 23.5 Å². The lowest BCUT2D eigenvalue weighted by atomic mass is 10.1. The number of benzene rings is 2. The van der Waals surface area contributed by atoms with Gasteiger partial charge in [-0.3, -0.25) is 4.79 Å². The van der Waals surface area contributed by atoms with Crippen LogP contribution < -0.4 is 0 Å². The lowest BCUT2D eigenvalue weighted by Crippen LogP contribution is -2.32. The maximum atomic E-state index is 13.2. The molecule has 4 nitrogen and oxygen atoms in total. The van der Waals surface area contributed by atoms with E-state index < -0.39 is 29.7 Å². The number of hydrogen-bond acceptors (Lipinski definition) is 3. The second-order valence-electron chi connectivity index (χ2n) is 5.25. The molecule has 0 aliphatic carbocycles. The fourth-order valence-corrected chi connectivity index (χ4v) is 2.50. The van der Waals surface area contributed by atoms with Crippen LogP contribution in [0.5, 0.6) is 0 Å². The third kappa shape index (κ3) is 3.32. The largest absolute Gasteiger partial charge is 0.446 e. The van der Waals surface area contributed by atoms with Crippen molar-refractivity contribution >= 4 is 18.1 Å². The van der Waals surface area contributed by atoms with E-state index in [0.29, 0.717) is 0 Å². The molecule has 1 saturated heterocycles. The standard InChI is InChI=1S/C18H13F2NO3/c19-14-8-12(9-15(20)10-14)6-7-17(22)21-16(11-24-18(21)23)13-4-2-1-3-5-13/h1-10,16H,11H2. The Labute approximate surface area is 137 Å². The van der Waals surface area contributed by atoms with E-state index in [0.717, 1.165) is 34.7 Å². The molecule has 1 atom stereocenters. The van der Waals surface area contributed by atoms with Crippen LogP contribution in [0.4, 0.5) is 13.6 Å². The first-order chi connectivity index (χ1) is 11.5. The average molecular weight is 329 g/mol. The van der Waals surface area contributed by atoms with Crippen molar-refractivity contribution < 1.29 is 23.1 Å². The van der Waals surface area contributed by atoms with Crippen molar-refractivity contribution in [2.45, 2.75) is 6.04 Å². The molecule has 0 radical (unpaired) electrons. The van der Waals surface area contributed by atoms with Crippen molar-refractivity contribution in [2.75, 3.05) is 6.61 Å². The maximum Gasteiger partial charge on any atom is 0.417 e. The fraction of sp³-hybridized carbons (Fsp3) is 0.111. The number of ether oxygens (including phenoxy) is 1. The highest BCUT2D eigenvalue weighted by molar-refractivity contribution is 6.02. The lowest BCUT2D eigenvalue weighted by Gasteiger charge is -2.18. The van der Waals surface area contributed by atoms with Crippen molar-refractivity contribution in [3.05, 3.63) is 77.4 Å². The number of carbonyl (C=O) groups is 2. The summed E-state index contributed by atoms with van der Waals surface area (Å²) >= 11 is 0. The molecule has 0 bridgehead atoms. The average Bonchev–Trinajstić information content (AvgIpc) is 2.94. The summed E-state index contributed by atoms with van der Waals surface area (Å²) in [5.74, 6) is -2.11. The third-order valence-electron chi connectivity index (χ3n) is 3.60. The van der Waals surface area contributed by atoms with Gasteiger partial charge in [-0.15, -0.1) is 0 Å². The molecule has 2 aromatic rings. The van der Waals surface area contributed by atoms with E-state index in [1.54, 1.807) is 24.3 Å². The van der Waals surface area contributed by atoms with Gasteiger partial charge in [0.2, 0.25) is 0 Å². The Bertz CT molecular complexity index is 785. The van der Waals surface area contributed by atoms with Crippen LogP contribution in [0.25, 0.3) is 6.08 Å². The van der Waals surface area contributed by atoms with E-state index >= 15 is 0 Å². The second kappa shape index (κ2) is 6.62. The molecule has 1 heterocycles. The number of carbonyl (C=O) groups excluding carboxylic acids is 2. The van der Waals surface area contributed by atoms with E-state index in [1.807, 2.05) is 6.07 Å². The predicted octanol–water partition coefficient (Wildman–Crippen LogP) is 3.70. The van der Waals surface area contributed by atoms with E-state index in [4.69, 9.17) is 4.74 Å². The van der Waals surface area contributed by atoms with Crippen LogP contribution in [-0.2, 0) is 9.53 Å². The van der Waals surface area contributed by atoms with Gasteiger partial charge in [-0.1, -0.05) is 30.3 Å². The molecule has 0 saturated carbocycles. The molecule has 1 aliphatic heterocycles. The zero-order valence-electron chi connectivity index (χ0n) is 12.5. The van der Waals surface area contributed by atoms with Gasteiger partial charge in [0.05, 0.1) is 0 Å². The van der Waals surface area contributed by atoms with Crippen molar-refractivity contribution in [3.63, 3.8) is 0 Å². The minimum absolute atomic E-state index is 0.0665. The summed E-state index contributed by atoms with van der Waals surface area (Å²) in [6, 6.07) is 11.4. The summed E-state index contributed by atoms with van der Waals surface area (Å²) in [4.78, 5) is 25.2. The van der Waals surface area contributed by atoms with Crippen LogP contribution in [0.3, 0.4) is 0 Å². The van der Waals surface area contributed by atoms with Gasteiger partial charge in [0.25, 0.3) is 5.91 Å². The summed E-state index contributed by atoms with van der Waals surface area (Å²) in [7, 11) is 0. The van der Waals surface area contributed by atoms with Crippen LogP contribution >= 0.6 is 0 Å². The first kappa shape index (κ1) is 15.9. The van der Waals surface area contributed by atoms with Crippen molar-refractivity contribution in [2.24, 2.45) is 0 Å². The molecule has 6 heteroatoms. The van der Waals surface area contributed by atoms with E-state index in [-0.39, 0.29) is 12.2 Å². The molecule has 122 valence electrons. The quantitative estimate of drug-likeness (QED) is 0.807. The van der Waals surface area contributed by atoms with Crippen molar-refractivity contribution in [1.82, 2.24) is 4.90 Å². The predicted molar refractivity (Wildman–Crippen MR) is 82.8 cm³/mol. The van der Waals surface area contributed by atoms with Crippen LogP contribution in [0.15, 0.2) is 54.6 Å². The molecule has 2 aromatic carbocycles. The molecular formula is C18H13F2NO3. The summed E-state index contributed by atoms with van der Waals surface area (Å²) in [6.07, 6.45) is 1.60. The number of nitrogens with zero attached hydrogens (tertiary/aromatic N) is 1. The second-order valence-corrected chi connectivity index (χ2v) is 5.25. The van der Waals surface area contributed by atoms with Gasteiger partial charge in [-0.2, -0.15) is 0 Å². The Morgan fingerprint density at radius 2 is 1.79 bits per heavy atom. The number of imide groups is 1. The van der Waals surface area contributed by atoms with Gasteiger partial charge < -0.3 is 4.74 Å². The van der Waals surface area contributed by atoms with E-state index in [9.17, 15) is 18.4 Å². The topological polar surface area (TPSA) is 46.6 Å².